The lowest BCUT2D eigenvalue weighted by molar-refractivity contribution is -0.120. The molecule has 0 spiro atoms. The van der Waals surface area contributed by atoms with Crippen LogP contribution in [0.2, 0.25) is 0 Å². The van der Waals surface area contributed by atoms with Gasteiger partial charge in [0.25, 0.3) is 0 Å². The number of carbonyl (C=O) groups is 1. The topological polar surface area (TPSA) is 87.7 Å². The molecule has 0 aliphatic carbocycles. The number of rotatable bonds is 10. The van der Waals surface area contributed by atoms with Gasteiger partial charge in [-0.05, 0) is 34.9 Å². The van der Waals surface area contributed by atoms with Gasteiger partial charge in [-0.15, -0.1) is 0 Å². The summed E-state index contributed by atoms with van der Waals surface area (Å²) in [5.74, 6) is 0.737. The molecule has 0 aliphatic rings. The molecule has 0 saturated carbocycles. The van der Waals surface area contributed by atoms with Gasteiger partial charge in [-0.25, -0.2) is 18.6 Å². The van der Waals surface area contributed by atoms with Crippen LogP contribution < -0.4 is 14.9 Å². The fraction of sp³-hybridized carbons (Fsp3) is 0.353. The Hall–Kier alpha value is -2.16. The molecule has 0 bridgehead atoms. The quantitative estimate of drug-likeness (QED) is 0.483. The van der Waals surface area contributed by atoms with Gasteiger partial charge in [0.05, 0.1) is 12.8 Å². The minimum atomic E-state index is -3.16. The molecule has 0 radical (unpaired) electrons. The largest absolute Gasteiger partial charge is 0.492 e. The predicted molar refractivity (Wildman–Crippen MR) is 97.8 cm³/mol. The lowest BCUT2D eigenvalue weighted by atomic mass is 10.0. The van der Waals surface area contributed by atoms with E-state index in [4.69, 9.17) is 4.74 Å². The third kappa shape index (κ3) is 6.33. The summed E-state index contributed by atoms with van der Waals surface area (Å²) in [5, 5.41) is 3.50. The Labute approximate surface area is 148 Å². The van der Waals surface area contributed by atoms with Crippen LogP contribution in [-0.4, -0.2) is 52.8 Å². The van der Waals surface area contributed by atoms with Crippen LogP contribution in [0.3, 0.4) is 0 Å². The molecule has 0 aliphatic heterocycles. The van der Waals surface area contributed by atoms with Crippen molar-refractivity contribution in [2.45, 2.75) is 6.42 Å². The Morgan fingerprint density at radius 3 is 2.56 bits per heavy atom. The molecule has 0 heterocycles. The molecule has 8 heteroatoms. The lowest BCUT2D eigenvalue weighted by Gasteiger charge is -2.15. The first-order valence-corrected chi connectivity index (χ1v) is 9.80. The second-order valence-electron chi connectivity index (χ2n) is 5.63. The molecule has 2 aromatic carbocycles. The van der Waals surface area contributed by atoms with Crippen LogP contribution >= 0.6 is 0 Å². The standard InChI is InChI=1S/C17H23N3O4S/c1-18-20(13-21)9-10-24-17-6-5-15-11-14(3-4-16(15)12-17)7-8-19-25(2,22)23/h3-6,11-13,18-19H,7-10H2,1-2H3. The maximum atomic E-state index is 11.1. The average Bonchev–Trinajstić information content (AvgIpc) is 2.57. The van der Waals surface area contributed by atoms with Crippen molar-refractivity contribution in [2.75, 3.05) is 33.0 Å². The molecule has 2 rings (SSSR count). The molecule has 2 N–H and O–H groups in total. The maximum Gasteiger partial charge on any atom is 0.223 e. The van der Waals surface area contributed by atoms with Gasteiger partial charge in [-0.2, -0.15) is 0 Å². The molecule has 7 nitrogen and oxygen atoms in total. The smallest absolute Gasteiger partial charge is 0.223 e. The van der Waals surface area contributed by atoms with Crippen LogP contribution in [-0.2, 0) is 21.2 Å². The lowest BCUT2D eigenvalue weighted by Crippen LogP contribution is -2.36. The van der Waals surface area contributed by atoms with Crippen molar-refractivity contribution in [1.82, 2.24) is 15.2 Å². The Morgan fingerprint density at radius 2 is 1.88 bits per heavy atom. The third-order valence-corrected chi connectivity index (χ3v) is 4.40. The molecule has 2 aromatic rings. The first-order valence-electron chi connectivity index (χ1n) is 7.91. The Balaban J connectivity index is 1.96. The first kappa shape index (κ1) is 19.2. The highest BCUT2D eigenvalue weighted by Gasteiger charge is 2.03. The molecule has 0 atom stereocenters. The molecule has 0 unspecified atom stereocenters. The highest BCUT2D eigenvalue weighted by atomic mass is 32.2. The first-order chi connectivity index (χ1) is 11.9. The number of ether oxygens (including phenoxy) is 1. The van der Waals surface area contributed by atoms with Crippen molar-refractivity contribution < 1.29 is 17.9 Å². The summed E-state index contributed by atoms with van der Waals surface area (Å²) in [5.41, 5.74) is 3.81. The molecule has 0 saturated heterocycles. The fourth-order valence-electron chi connectivity index (χ4n) is 2.38. The molecule has 25 heavy (non-hydrogen) atoms. The molecule has 136 valence electrons. The third-order valence-electron chi connectivity index (χ3n) is 3.67. The number of carbonyl (C=O) groups excluding carboxylic acids is 1. The second kappa shape index (κ2) is 8.80. The zero-order valence-corrected chi connectivity index (χ0v) is 15.2. The SMILES string of the molecule is CNN(C=O)CCOc1ccc2cc(CCNS(C)(=O)=O)ccc2c1. The van der Waals surface area contributed by atoms with E-state index in [2.05, 4.69) is 10.1 Å². The van der Waals surface area contributed by atoms with Crippen LogP contribution in [0.5, 0.6) is 5.75 Å². The van der Waals surface area contributed by atoms with Crippen molar-refractivity contribution in [3.63, 3.8) is 0 Å². The van der Waals surface area contributed by atoms with E-state index < -0.39 is 10.0 Å². The molecular formula is C17H23N3O4S. The van der Waals surface area contributed by atoms with Crippen molar-refractivity contribution in [3.8, 4) is 5.75 Å². The number of nitrogens with zero attached hydrogens (tertiary/aromatic N) is 1. The summed E-state index contributed by atoms with van der Waals surface area (Å²) in [6.07, 6.45) is 2.50. The summed E-state index contributed by atoms with van der Waals surface area (Å²) < 4.78 is 30.3. The van der Waals surface area contributed by atoms with Crippen LogP contribution in [0.25, 0.3) is 10.8 Å². The van der Waals surface area contributed by atoms with E-state index in [0.29, 0.717) is 32.5 Å². The number of hydrogen-bond acceptors (Lipinski definition) is 5. The number of hydrazine groups is 1. The van der Waals surface area contributed by atoms with Crippen molar-refractivity contribution >= 4 is 27.2 Å². The minimum absolute atomic E-state index is 0.379. The van der Waals surface area contributed by atoms with Gasteiger partial charge in [0.1, 0.15) is 12.4 Å². The number of amides is 1. The van der Waals surface area contributed by atoms with Crippen molar-refractivity contribution in [1.29, 1.82) is 0 Å². The van der Waals surface area contributed by atoms with E-state index in [9.17, 15) is 13.2 Å². The molecular weight excluding hydrogens is 342 g/mol. The molecule has 0 fully saturated rings. The normalized spacial score (nSPS) is 11.4. The highest BCUT2D eigenvalue weighted by molar-refractivity contribution is 7.88. The van der Waals surface area contributed by atoms with E-state index in [0.717, 1.165) is 28.3 Å². The van der Waals surface area contributed by atoms with E-state index in [-0.39, 0.29) is 0 Å². The second-order valence-corrected chi connectivity index (χ2v) is 7.46. The van der Waals surface area contributed by atoms with E-state index in [1.165, 1.54) is 5.01 Å². The maximum absolute atomic E-state index is 11.1. The van der Waals surface area contributed by atoms with Crippen molar-refractivity contribution in [3.05, 3.63) is 42.0 Å². The van der Waals surface area contributed by atoms with Crippen LogP contribution in [0, 0.1) is 0 Å². The number of fused-ring (bicyclic) bond motifs is 1. The summed E-state index contributed by atoms with van der Waals surface area (Å²) in [4.78, 5) is 10.7. The van der Waals surface area contributed by atoms with E-state index >= 15 is 0 Å². The minimum Gasteiger partial charge on any atom is -0.492 e. The molecule has 0 aromatic heterocycles. The Morgan fingerprint density at radius 1 is 1.16 bits per heavy atom. The van der Waals surface area contributed by atoms with Gasteiger partial charge in [-0.1, -0.05) is 24.3 Å². The van der Waals surface area contributed by atoms with Gasteiger partial charge in [0, 0.05) is 13.6 Å². The van der Waals surface area contributed by atoms with E-state index in [1.54, 1.807) is 7.05 Å². The molecule has 1 amide bonds. The number of hydrogen-bond donors (Lipinski definition) is 2. The highest BCUT2D eigenvalue weighted by Crippen LogP contribution is 2.22. The van der Waals surface area contributed by atoms with Gasteiger partial charge >= 0.3 is 0 Å². The van der Waals surface area contributed by atoms with Crippen molar-refractivity contribution in [2.24, 2.45) is 0 Å². The summed E-state index contributed by atoms with van der Waals surface area (Å²) in [6.45, 7) is 1.22. The predicted octanol–water partition coefficient (Wildman–Crippen LogP) is 0.903. The fourth-order valence-corrected chi connectivity index (χ4v) is 2.85. The average molecular weight is 365 g/mol. The number of benzene rings is 2. The van der Waals surface area contributed by atoms with Gasteiger partial charge < -0.3 is 4.74 Å². The summed E-state index contributed by atoms with van der Waals surface area (Å²) in [6, 6.07) is 11.8. The zero-order chi connectivity index (χ0) is 18.3. The van der Waals surface area contributed by atoms with Gasteiger partial charge in [-0.3, -0.25) is 9.80 Å². The monoisotopic (exact) mass is 365 g/mol. The van der Waals surface area contributed by atoms with Crippen LogP contribution in [0.15, 0.2) is 36.4 Å². The summed E-state index contributed by atoms with van der Waals surface area (Å²) in [7, 11) is -1.48. The van der Waals surface area contributed by atoms with Gasteiger partial charge in [0.2, 0.25) is 16.4 Å². The zero-order valence-electron chi connectivity index (χ0n) is 14.4. The van der Waals surface area contributed by atoms with E-state index in [1.807, 2.05) is 36.4 Å². The van der Waals surface area contributed by atoms with Crippen LogP contribution in [0.4, 0.5) is 0 Å². The Bertz CT molecular complexity index is 824. The number of sulfonamides is 1. The van der Waals surface area contributed by atoms with Gasteiger partial charge in [0.15, 0.2) is 0 Å². The van der Waals surface area contributed by atoms with Crippen LogP contribution in [0.1, 0.15) is 5.56 Å². The Kier molecular flexibility index (Phi) is 6.74. The number of nitrogens with one attached hydrogen (secondary N) is 2. The summed E-state index contributed by atoms with van der Waals surface area (Å²) >= 11 is 0.